The van der Waals surface area contributed by atoms with Crippen LogP contribution in [0.25, 0.3) is 5.69 Å². The van der Waals surface area contributed by atoms with Crippen LogP contribution in [0.5, 0.6) is 0 Å². The first kappa shape index (κ1) is 12.9. The highest BCUT2D eigenvalue weighted by Gasteiger charge is 2.08. The smallest absolute Gasteiger partial charge is 0.338 e. The van der Waals surface area contributed by atoms with Gasteiger partial charge in [-0.25, -0.2) is 9.48 Å². The van der Waals surface area contributed by atoms with Gasteiger partial charge in [-0.1, -0.05) is 6.07 Å². The molecule has 0 fully saturated rings. The lowest BCUT2D eigenvalue weighted by molar-refractivity contribution is 0.0468. The van der Waals surface area contributed by atoms with E-state index < -0.39 is 5.97 Å². The quantitative estimate of drug-likeness (QED) is 0.672. The van der Waals surface area contributed by atoms with Gasteiger partial charge < -0.3 is 4.74 Å². The van der Waals surface area contributed by atoms with Crippen molar-refractivity contribution in [2.45, 2.75) is 6.61 Å². The Hall–Kier alpha value is -3.09. The molecular weight excluding hydrogens is 270 g/mol. The Morgan fingerprint density at radius 2 is 2.00 bits per heavy atom. The molecule has 0 spiro atoms. The van der Waals surface area contributed by atoms with E-state index in [-0.39, 0.29) is 6.61 Å². The minimum absolute atomic E-state index is 0.147. The molecule has 0 unspecified atom stereocenters. The standard InChI is InChI=1S/C14H11N5O2/c20-14(21-9-12-3-1-2-8-15-12)11-4-6-13(7-5-11)19-10-16-17-18-19/h1-8,10H,9H2. The maximum Gasteiger partial charge on any atom is 0.338 e. The van der Waals surface area contributed by atoms with Crippen molar-refractivity contribution in [1.82, 2.24) is 25.2 Å². The second-order valence-corrected chi connectivity index (χ2v) is 4.20. The van der Waals surface area contributed by atoms with Gasteiger partial charge in [0, 0.05) is 6.20 Å². The van der Waals surface area contributed by atoms with Crippen LogP contribution >= 0.6 is 0 Å². The summed E-state index contributed by atoms with van der Waals surface area (Å²) in [4.78, 5) is 16.0. The Labute approximate surface area is 120 Å². The van der Waals surface area contributed by atoms with E-state index in [1.807, 2.05) is 12.1 Å². The Morgan fingerprint density at radius 1 is 1.14 bits per heavy atom. The van der Waals surface area contributed by atoms with Crippen molar-refractivity contribution in [3.8, 4) is 5.69 Å². The van der Waals surface area contributed by atoms with Crippen LogP contribution in [0.2, 0.25) is 0 Å². The van der Waals surface area contributed by atoms with Crippen LogP contribution in [0.4, 0.5) is 0 Å². The van der Waals surface area contributed by atoms with Gasteiger partial charge in [-0.2, -0.15) is 0 Å². The van der Waals surface area contributed by atoms with Crippen LogP contribution in [-0.4, -0.2) is 31.2 Å². The van der Waals surface area contributed by atoms with E-state index in [4.69, 9.17) is 4.74 Å². The minimum Gasteiger partial charge on any atom is -0.456 e. The highest BCUT2D eigenvalue weighted by atomic mass is 16.5. The number of carbonyl (C=O) groups excluding carboxylic acids is 1. The molecule has 2 heterocycles. The van der Waals surface area contributed by atoms with Crippen LogP contribution in [0.15, 0.2) is 55.0 Å². The zero-order chi connectivity index (χ0) is 14.5. The van der Waals surface area contributed by atoms with Crippen molar-refractivity contribution >= 4 is 5.97 Å². The Bertz CT molecular complexity index is 711. The molecule has 0 saturated carbocycles. The topological polar surface area (TPSA) is 82.8 Å². The SMILES string of the molecule is O=C(OCc1ccccn1)c1ccc(-n2cnnn2)cc1. The molecule has 2 aromatic heterocycles. The maximum absolute atomic E-state index is 11.9. The Morgan fingerprint density at radius 3 is 2.67 bits per heavy atom. The first-order valence-corrected chi connectivity index (χ1v) is 6.23. The normalized spacial score (nSPS) is 10.3. The van der Waals surface area contributed by atoms with Crippen LogP contribution in [-0.2, 0) is 11.3 Å². The van der Waals surface area contributed by atoms with E-state index >= 15 is 0 Å². The fourth-order valence-corrected chi connectivity index (χ4v) is 1.74. The maximum atomic E-state index is 11.9. The molecule has 21 heavy (non-hydrogen) atoms. The van der Waals surface area contributed by atoms with Crippen LogP contribution in [0, 0.1) is 0 Å². The third-order valence-corrected chi connectivity index (χ3v) is 2.79. The zero-order valence-corrected chi connectivity index (χ0v) is 11.0. The van der Waals surface area contributed by atoms with Gasteiger partial charge in [0.05, 0.1) is 16.9 Å². The van der Waals surface area contributed by atoms with Gasteiger partial charge in [0.1, 0.15) is 12.9 Å². The monoisotopic (exact) mass is 281 g/mol. The van der Waals surface area contributed by atoms with Crippen molar-refractivity contribution in [2.24, 2.45) is 0 Å². The lowest BCUT2D eigenvalue weighted by Gasteiger charge is -2.05. The summed E-state index contributed by atoms with van der Waals surface area (Å²) >= 11 is 0. The average Bonchev–Trinajstić information content (AvgIpc) is 3.08. The molecule has 0 aliphatic rings. The number of benzene rings is 1. The molecule has 104 valence electrons. The Kier molecular flexibility index (Phi) is 3.64. The number of rotatable bonds is 4. The molecular formula is C14H11N5O2. The largest absolute Gasteiger partial charge is 0.456 e. The van der Waals surface area contributed by atoms with Gasteiger partial charge >= 0.3 is 5.97 Å². The molecule has 0 aliphatic carbocycles. The number of nitrogens with zero attached hydrogens (tertiary/aromatic N) is 5. The van der Waals surface area contributed by atoms with Crippen molar-refractivity contribution in [2.75, 3.05) is 0 Å². The summed E-state index contributed by atoms with van der Waals surface area (Å²) in [5, 5.41) is 10.9. The van der Waals surface area contributed by atoms with E-state index in [0.717, 1.165) is 5.69 Å². The summed E-state index contributed by atoms with van der Waals surface area (Å²) < 4.78 is 6.70. The summed E-state index contributed by atoms with van der Waals surface area (Å²) in [5.74, 6) is -0.399. The zero-order valence-electron chi connectivity index (χ0n) is 11.0. The third-order valence-electron chi connectivity index (χ3n) is 2.79. The van der Waals surface area contributed by atoms with Crippen LogP contribution < -0.4 is 0 Å². The lowest BCUT2D eigenvalue weighted by Crippen LogP contribution is -2.06. The molecule has 0 N–H and O–H groups in total. The number of ether oxygens (including phenoxy) is 1. The number of carbonyl (C=O) groups is 1. The molecule has 7 heteroatoms. The minimum atomic E-state index is -0.399. The predicted molar refractivity (Wildman–Crippen MR) is 72.5 cm³/mol. The predicted octanol–water partition coefficient (Wildman–Crippen LogP) is 1.41. The number of hydrogen-bond acceptors (Lipinski definition) is 6. The Balaban J connectivity index is 1.65. The van der Waals surface area contributed by atoms with Gasteiger partial charge in [0.15, 0.2) is 0 Å². The van der Waals surface area contributed by atoms with E-state index in [9.17, 15) is 4.79 Å². The number of pyridine rings is 1. The molecule has 0 amide bonds. The van der Waals surface area contributed by atoms with E-state index in [1.165, 1.54) is 11.0 Å². The van der Waals surface area contributed by atoms with Crippen molar-refractivity contribution < 1.29 is 9.53 Å². The molecule has 3 aromatic rings. The summed E-state index contributed by atoms with van der Waals surface area (Å²) in [6.45, 7) is 0.147. The van der Waals surface area contributed by atoms with Crippen molar-refractivity contribution in [3.05, 3.63) is 66.2 Å². The third kappa shape index (κ3) is 3.08. The van der Waals surface area contributed by atoms with Crippen molar-refractivity contribution in [3.63, 3.8) is 0 Å². The number of aromatic nitrogens is 5. The first-order valence-electron chi connectivity index (χ1n) is 6.23. The van der Waals surface area contributed by atoms with E-state index in [0.29, 0.717) is 11.3 Å². The second-order valence-electron chi connectivity index (χ2n) is 4.20. The lowest BCUT2D eigenvalue weighted by atomic mass is 10.2. The highest BCUT2D eigenvalue weighted by molar-refractivity contribution is 5.89. The summed E-state index contributed by atoms with van der Waals surface area (Å²) in [5.41, 5.74) is 1.93. The van der Waals surface area contributed by atoms with E-state index in [2.05, 4.69) is 20.5 Å². The molecule has 0 radical (unpaired) electrons. The fraction of sp³-hybridized carbons (Fsp3) is 0.0714. The number of esters is 1. The highest BCUT2D eigenvalue weighted by Crippen LogP contribution is 2.09. The molecule has 3 rings (SSSR count). The van der Waals surface area contributed by atoms with Gasteiger partial charge in [-0.3, -0.25) is 4.98 Å². The summed E-state index contributed by atoms with van der Waals surface area (Å²) in [6.07, 6.45) is 3.14. The molecule has 1 aromatic carbocycles. The van der Waals surface area contributed by atoms with E-state index in [1.54, 1.807) is 36.5 Å². The molecule has 7 nitrogen and oxygen atoms in total. The number of hydrogen-bond donors (Lipinski definition) is 0. The molecule has 0 saturated heterocycles. The summed E-state index contributed by atoms with van der Waals surface area (Å²) in [7, 11) is 0. The summed E-state index contributed by atoms with van der Waals surface area (Å²) in [6, 6.07) is 12.3. The average molecular weight is 281 g/mol. The van der Waals surface area contributed by atoms with Crippen LogP contribution in [0.3, 0.4) is 0 Å². The second kappa shape index (κ2) is 5.91. The van der Waals surface area contributed by atoms with Gasteiger partial charge in [-0.05, 0) is 46.8 Å². The number of tetrazole rings is 1. The molecule has 0 aliphatic heterocycles. The molecule has 0 atom stereocenters. The van der Waals surface area contributed by atoms with Gasteiger partial charge in [0.2, 0.25) is 0 Å². The van der Waals surface area contributed by atoms with Crippen LogP contribution in [0.1, 0.15) is 16.1 Å². The molecule has 0 bridgehead atoms. The van der Waals surface area contributed by atoms with Gasteiger partial charge in [-0.15, -0.1) is 5.10 Å². The van der Waals surface area contributed by atoms with Crippen molar-refractivity contribution in [1.29, 1.82) is 0 Å². The first-order chi connectivity index (χ1) is 10.3. The van der Waals surface area contributed by atoms with Gasteiger partial charge in [0.25, 0.3) is 0 Å². The fourth-order valence-electron chi connectivity index (χ4n) is 1.74.